The number of ether oxygens (including phenoxy) is 2. The molecule has 5 unspecified atom stereocenters. The summed E-state index contributed by atoms with van der Waals surface area (Å²) in [6.07, 6.45) is 7.26. The molecule has 5 atom stereocenters. The first-order chi connectivity index (χ1) is 8.33. The third kappa shape index (κ3) is 2.02. The highest BCUT2D eigenvalue weighted by atomic mass is 16.5. The molecule has 3 nitrogen and oxygen atoms in total. The van der Waals surface area contributed by atoms with Crippen LogP contribution in [0.3, 0.4) is 0 Å². The van der Waals surface area contributed by atoms with E-state index < -0.39 is 0 Å². The lowest BCUT2D eigenvalue weighted by molar-refractivity contribution is -0.108. The zero-order chi connectivity index (χ0) is 11.8. The van der Waals surface area contributed by atoms with Gasteiger partial charge in [-0.05, 0) is 57.0 Å². The first-order valence-electron chi connectivity index (χ1n) is 7.13. The summed E-state index contributed by atoms with van der Waals surface area (Å²) in [5, 5.41) is 0. The average Bonchev–Trinajstić information content (AvgIpc) is 2.85. The minimum atomic E-state index is 0.321. The fourth-order valence-corrected chi connectivity index (χ4v) is 4.48. The van der Waals surface area contributed by atoms with Crippen LogP contribution in [0.4, 0.5) is 0 Å². The fourth-order valence-electron chi connectivity index (χ4n) is 4.48. The molecular weight excluding hydrogens is 214 g/mol. The van der Waals surface area contributed by atoms with E-state index in [1.54, 1.807) is 0 Å². The van der Waals surface area contributed by atoms with Gasteiger partial charge in [0.2, 0.25) is 0 Å². The van der Waals surface area contributed by atoms with Crippen molar-refractivity contribution in [2.24, 2.45) is 11.8 Å². The summed E-state index contributed by atoms with van der Waals surface area (Å²) in [5.41, 5.74) is 0. The summed E-state index contributed by atoms with van der Waals surface area (Å²) in [6, 6.07) is 0.851. The molecule has 1 saturated carbocycles. The normalized spacial score (nSPS) is 46.6. The molecule has 17 heavy (non-hydrogen) atoms. The van der Waals surface area contributed by atoms with E-state index in [0.717, 1.165) is 17.9 Å². The molecule has 3 fully saturated rings. The summed E-state index contributed by atoms with van der Waals surface area (Å²) in [5.74, 6) is 1.74. The van der Waals surface area contributed by atoms with Crippen molar-refractivity contribution in [2.45, 2.75) is 50.4 Å². The Bertz CT molecular complexity index is 271. The monoisotopic (exact) mass is 239 g/mol. The van der Waals surface area contributed by atoms with Gasteiger partial charge in [-0.3, -0.25) is 0 Å². The van der Waals surface area contributed by atoms with E-state index in [0.29, 0.717) is 12.2 Å². The molecule has 0 aromatic heterocycles. The van der Waals surface area contributed by atoms with E-state index >= 15 is 0 Å². The molecule has 2 saturated heterocycles. The summed E-state index contributed by atoms with van der Waals surface area (Å²) >= 11 is 0. The third-order valence-electron chi connectivity index (χ3n) is 5.36. The highest BCUT2D eigenvalue weighted by Crippen LogP contribution is 2.44. The molecule has 3 rings (SSSR count). The number of piperidine rings is 1. The second-order valence-corrected chi connectivity index (χ2v) is 5.98. The molecule has 0 bridgehead atoms. The van der Waals surface area contributed by atoms with Crippen LogP contribution in [0.15, 0.2) is 0 Å². The first kappa shape index (κ1) is 11.9. The van der Waals surface area contributed by atoms with Gasteiger partial charge < -0.3 is 14.4 Å². The lowest BCUT2D eigenvalue weighted by atomic mass is 9.69. The highest BCUT2D eigenvalue weighted by molar-refractivity contribution is 4.98. The van der Waals surface area contributed by atoms with E-state index in [9.17, 15) is 0 Å². The van der Waals surface area contributed by atoms with Crippen molar-refractivity contribution in [3.63, 3.8) is 0 Å². The van der Waals surface area contributed by atoms with Gasteiger partial charge >= 0.3 is 0 Å². The fraction of sp³-hybridized carbons (Fsp3) is 1.00. The van der Waals surface area contributed by atoms with Crippen LogP contribution >= 0.6 is 0 Å². The van der Waals surface area contributed by atoms with Crippen LogP contribution in [0.25, 0.3) is 0 Å². The summed E-state index contributed by atoms with van der Waals surface area (Å²) in [4.78, 5) is 2.72. The van der Waals surface area contributed by atoms with Gasteiger partial charge in [0.25, 0.3) is 0 Å². The molecule has 2 aliphatic heterocycles. The Morgan fingerprint density at radius 1 is 0.941 bits per heavy atom. The second-order valence-electron chi connectivity index (χ2n) is 5.98. The van der Waals surface area contributed by atoms with Crippen molar-refractivity contribution in [3.05, 3.63) is 0 Å². The maximum atomic E-state index is 5.65. The molecule has 0 N–H and O–H groups in total. The molecule has 0 spiro atoms. The smallest absolute Gasteiger partial charge is 0.0836 e. The first-order valence-corrected chi connectivity index (χ1v) is 7.13. The van der Waals surface area contributed by atoms with Gasteiger partial charge in [0.05, 0.1) is 12.2 Å². The Hall–Kier alpha value is -0.120. The number of methoxy groups -OCH3 is 2. The number of fused-ring (bicyclic) bond motifs is 3. The molecule has 0 aromatic carbocycles. The van der Waals surface area contributed by atoms with Crippen LogP contribution in [0.2, 0.25) is 0 Å². The van der Waals surface area contributed by atoms with Crippen LogP contribution < -0.4 is 0 Å². The number of hydrogen-bond donors (Lipinski definition) is 0. The van der Waals surface area contributed by atoms with Crippen molar-refractivity contribution in [3.8, 4) is 0 Å². The van der Waals surface area contributed by atoms with Crippen LogP contribution in [0, 0.1) is 11.8 Å². The zero-order valence-electron chi connectivity index (χ0n) is 11.1. The van der Waals surface area contributed by atoms with E-state index in [-0.39, 0.29) is 0 Å². The zero-order valence-corrected chi connectivity index (χ0v) is 11.1. The summed E-state index contributed by atoms with van der Waals surface area (Å²) in [6.45, 7) is 2.65. The van der Waals surface area contributed by atoms with Crippen LogP contribution in [-0.4, -0.2) is 50.5 Å². The number of nitrogens with zero attached hydrogens (tertiary/aromatic N) is 1. The van der Waals surface area contributed by atoms with Crippen molar-refractivity contribution in [1.29, 1.82) is 0 Å². The van der Waals surface area contributed by atoms with E-state index in [4.69, 9.17) is 9.47 Å². The number of hydrogen-bond acceptors (Lipinski definition) is 3. The Morgan fingerprint density at radius 2 is 1.71 bits per heavy atom. The highest BCUT2D eigenvalue weighted by Gasteiger charge is 2.46. The van der Waals surface area contributed by atoms with Crippen molar-refractivity contribution >= 4 is 0 Å². The lowest BCUT2D eigenvalue weighted by Crippen LogP contribution is -2.52. The number of rotatable bonds is 2. The summed E-state index contributed by atoms with van der Waals surface area (Å²) in [7, 11) is 3.67. The molecule has 0 amide bonds. The summed E-state index contributed by atoms with van der Waals surface area (Å²) < 4.78 is 11.3. The topological polar surface area (TPSA) is 21.7 Å². The molecule has 98 valence electrons. The van der Waals surface area contributed by atoms with Crippen LogP contribution in [-0.2, 0) is 9.47 Å². The molecule has 1 aliphatic carbocycles. The van der Waals surface area contributed by atoms with Gasteiger partial charge in [0.1, 0.15) is 0 Å². The minimum Gasteiger partial charge on any atom is -0.379 e. The lowest BCUT2D eigenvalue weighted by Gasteiger charge is -2.48. The molecule has 0 radical (unpaired) electrons. The largest absolute Gasteiger partial charge is 0.379 e. The molecular formula is C14H25NO2. The average molecular weight is 239 g/mol. The van der Waals surface area contributed by atoms with Crippen molar-refractivity contribution in [1.82, 2.24) is 4.90 Å². The second kappa shape index (κ2) is 4.87. The maximum absolute atomic E-state index is 5.65. The van der Waals surface area contributed by atoms with E-state index in [1.165, 1.54) is 45.2 Å². The molecule has 3 heteroatoms. The maximum Gasteiger partial charge on any atom is 0.0836 e. The van der Waals surface area contributed by atoms with E-state index in [2.05, 4.69) is 4.90 Å². The Labute approximate surface area is 104 Å². The van der Waals surface area contributed by atoms with E-state index in [1.807, 2.05) is 14.2 Å². The van der Waals surface area contributed by atoms with Gasteiger partial charge in [-0.15, -0.1) is 0 Å². The Balaban J connectivity index is 1.74. The van der Waals surface area contributed by atoms with Gasteiger partial charge in [0.15, 0.2) is 0 Å². The minimum absolute atomic E-state index is 0.321. The predicted octanol–water partition coefficient (Wildman–Crippen LogP) is 1.91. The molecule has 3 aliphatic rings. The van der Waals surface area contributed by atoms with Gasteiger partial charge in [-0.2, -0.15) is 0 Å². The van der Waals surface area contributed by atoms with Crippen molar-refractivity contribution < 1.29 is 9.47 Å². The van der Waals surface area contributed by atoms with Crippen molar-refractivity contribution in [2.75, 3.05) is 27.3 Å². The standard InChI is InChI=1S/C14H25NO2/c1-16-13-8-10-5-7-15-6-3-4-12(15)11(10)9-14(13)17-2/h10-14H,3-9H2,1-2H3. The van der Waals surface area contributed by atoms with Gasteiger partial charge in [-0.1, -0.05) is 0 Å². The van der Waals surface area contributed by atoms with Gasteiger partial charge in [0, 0.05) is 20.3 Å². The molecule has 2 heterocycles. The van der Waals surface area contributed by atoms with Crippen LogP contribution in [0.5, 0.6) is 0 Å². The Kier molecular flexibility index (Phi) is 3.42. The SMILES string of the molecule is COC1CC2CCN3CCCC3C2CC1OC. The quantitative estimate of drug-likeness (QED) is 0.735. The van der Waals surface area contributed by atoms with Crippen LogP contribution in [0.1, 0.15) is 32.1 Å². The molecule has 0 aromatic rings. The predicted molar refractivity (Wildman–Crippen MR) is 67.0 cm³/mol. The Morgan fingerprint density at radius 3 is 2.47 bits per heavy atom. The van der Waals surface area contributed by atoms with Gasteiger partial charge in [-0.25, -0.2) is 0 Å². The third-order valence-corrected chi connectivity index (χ3v) is 5.36.